The van der Waals surface area contributed by atoms with E-state index in [1.807, 2.05) is 38.1 Å². The summed E-state index contributed by atoms with van der Waals surface area (Å²) >= 11 is 0. The highest BCUT2D eigenvalue weighted by Gasteiger charge is 2.20. The number of ether oxygens (including phenoxy) is 1. The SMILES string of the molecule is CCN(CC(C)(C)O)C(=O)CCOc1ccccc1C. The topological polar surface area (TPSA) is 49.8 Å². The van der Waals surface area contributed by atoms with Crippen molar-refractivity contribution < 1.29 is 14.6 Å². The van der Waals surface area contributed by atoms with Crippen molar-refractivity contribution in [2.75, 3.05) is 19.7 Å². The van der Waals surface area contributed by atoms with Gasteiger partial charge in [-0.2, -0.15) is 0 Å². The normalized spacial score (nSPS) is 11.2. The van der Waals surface area contributed by atoms with Crippen LogP contribution in [0.2, 0.25) is 0 Å². The molecule has 0 aliphatic heterocycles. The van der Waals surface area contributed by atoms with Crippen molar-refractivity contribution in [2.45, 2.75) is 39.7 Å². The lowest BCUT2D eigenvalue weighted by Gasteiger charge is -2.28. The van der Waals surface area contributed by atoms with Gasteiger partial charge in [-0.1, -0.05) is 18.2 Å². The van der Waals surface area contributed by atoms with Gasteiger partial charge >= 0.3 is 0 Å². The Hall–Kier alpha value is -1.55. The van der Waals surface area contributed by atoms with Gasteiger partial charge in [-0.3, -0.25) is 4.79 Å². The van der Waals surface area contributed by atoms with Crippen LogP contribution in [0.15, 0.2) is 24.3 Å². The molecular formula is C16H25NO3. The van der Waals surface area contributed by atoms with E-state index in [-0.39, 0.29) is 5.91 Å². The number of hydrogen-bond acceptors (Lipinski definition) is 3. The quantitative estimate of drug-likeness (QED) is 0.833. The fraction of sp³-hybridized carbons (Fsp3) is 0.562. The van der Waals surface area contributed by atoms with Crippen LogP contribution in [0.1, 0.15) is 32.8 Å². The third kappa shape index (κ3) is 5.61. The van der Waals surface area contributed by atoms with Crippen LogP contribution in [0.3, 0.4) is 0 Å². The summed E-state index contributed by atoms with van der Waals surface area (Å²) < 4.78 is 5.62. The largest absolute Gasteiger partial charge is 0.493 e. The molecule has 0 atom stereocenters. The van der Waals surface area contributed by atoms with E-state index in [0.717, 1.165) is 11.3 Å². The van der Waals surface area contributed by atoms with Crippen LogP contribution in [-0.2, 0) is 4.79 Å². The molecule has 0 saturated heterocycles. The van der Waals surface area contributed by atoms with Gasteiger partial charge in [0.05, 0.1) is 18.6 Å². The summed E-state index contributed by atoms with van der Waals surface area (Å²) in [6, 6.07) is 7.74. The monoisotopic (exact) mass is 279 g/mol. The van der Waals surface area contributed by atoms with E-state index in [2.05, 4.69) is 0 Å². The van der Waals surface area contributed by atoms with Crippen LogP contribution in [0.25, 0.3) is 0 Å². The molecule has 0 aliphatic rings. The summed E-state index contributed by atoms with van der Waals surface area (Å²) in [7, 11) is 0. The number of nitrogens with zero attached hydrogens (tertiary/aromatic N) is 1. The average Bonchev–Trinajstić information content (AvgIpc) is 2.37. The summed E-state index contributed by atoms with van der Waals surface area (Å²) in [5, 5.41) is 9.78. The maximum absolute atomic E-state index is 12.1. The van der Waals surface area contributed by atoms with Gasteiger partial charge in [-0.25, -0.2) is 0 Å². The molecule has 1 N–H and O–H groups in total. The minimum Gasteiger partial charge on any atom is -0.493 e. The zero-order valence-corrected chi connectivity index (χ0v) is 12.8. The van der Waals surface area contributed by atoms with E-state index >= 15 is 0 Å². The Bertz CT molecular complexity index is 438. The van der Waals surface area contributed by atoms with Gasteiger partial charge in [0.25, 0.3) is 0 Å². The fourth-order valence-corrected chi connectivity index (χ4v) is 1.97. The average molecular weight is 279 g/mol. The van der Waals surface area contributed by atoms with Crippen molar-refractivity contribution in [3.63, 3.8) is 0 Å². The number of rotatable bonds is 7. The number of hydrogen-bond donors (Lipinski definition) is 1. The fourth-order valence-electron chi connectivity index (χ4n) is 1.97. The Balaban J connectivity index is 2.44. The Morgan fingerprint density at radius 3 is 2.55 bits per heavy atom. The number of carbonyl (C=O) groups excluding carboxylic acids is 1. The molecule has 0 unspecified atom stereocenters. The first-order valence-corrected chi connectivity index (χ1v) is 7.02. The highest BCUT2D eigenvalue weighted by molar-refractivity contribution is 5.76. The molecule has 1 aromatic carbocycles. The summed E-state index contributed by atoms with van der Waals surface area (Å²) in [6.45, 7) is 8.57. The molecule has 4 nitrogen and oxygen atoms in total. The summed E-state index contributed by atoms with van der Waals surface area (Å²) in [5.74, 6) is 0.814. The Labute approximate surface area is 121 Å². The van der Waals surface area contributed by atoms with Gasteiger partial charge in [0, 0.05) is 13.1 Å². The molecule has 20 heavy (non-hydrogen) atoms. The zero-order valence-electron chi connectivity index (χ0n) is 12.8. The molecule has 1 aromatic rings. The second-order valence-electron chi connectivity index (χ2n) is 5.58. The number of carbonyl (C=O) groups is 1. The zero-order chi connectivity index (χ0) is 15.2. The first-order valence-electron chi connectivity index (χ1n) is 7.02. The van der Waals surface area contributed by atoms with E-state index in [1.54, 1.807) is 18.7 Å². The lowest BCUT2D eigenvalue weighted by Crippen LogP contribution is -2.42. The van der Waals surface area contributed by atoms with Gasteiger partial charge in [0.2, 0.25) is 5.91 Å². The van der Waals surface area contributed by atoms with E-state index in [9.17, 15) is 9.90 Å². The van der Waals surface area contributed by atoms with Crippen molar-refractivity contribution in [1.29, 1.82) is 0 Å². The van der Waals surface area contributed by atoms with Crippen LogP contribution in [-0.4, -0.2) is 41.2 Å². The van der Waals surface area contributed by atoms with Crippen LogP contribution >= 0.6 is 0 Å². The Kier molecular flexibility index (Phi) is 6.02. The van der Waals surface area contributed by atoms with E-state index in [4.69, 9.17) is 4.74 Å². The molecule has 0 fully saturated rings. The molecule has 0 bridgehead atoms. The standard InChI is InChI=1S/C16H25NO3/c1-5-17(12-16(3,4)19)15(18)10-11-20-14-9-7-6-8-13(14)2/h6-9,19H,5,10-12H2,1-4H3. The van der Waals surface area contributed by atoms with Gasteiger partial charge < -0.3 is 14.7 Å². The highest BCUT2D eigenvalue weighted by atomic mass is 16.5. The molecule has 112 valence electrons. The van der Waals surface area contributed by atoms with Crippen molar-refractivity contribution >= 4 is 5.91 Å². The molecule has 0 aliphatic carbocycles. The van der Waals surface area contributed by atoms with Crippen molar-refractivity contribution in [3.05, 3.63) is 29.8 Å². The summed E-state index contributed by atoms with van der Waals surface area (Å²) in [4.78, 5) is 13.7. The van der Waals surface area contributed by atoms with E-state index in [1.165, 1.54) is 0 Å². The first-order chi connectivity index (χ1) is 9.33. The van der Waals surface area contributed by atoms with Crippen LogP contribution in [0, 0.1) is 6.92 Å². The molecular weight excluding hydrogens is 254 g/mol. The maximum atomic E-state index is 12.1. The van der Waals surface area contributed by atoms with Crippen LogP contribution < -0.4 is 4.74 Å². The molecule has 1 amide bonds. The lowest BCUT2D eigenvalue weighted by molar-refractivity contribution is -0.134. The summed E-state index contributed by atoms with van der Waals surface area (Å²) in [5.41, 5.74) is 0.187. The molecule has 4 heteroatoms. The number of likely N-dealkylation sites (N-methyl/N-ethyl adjacent to an activating group) is 1. The smallest absolute Gasteiger partial charge is 0.226 e. The highest BCUT2D eigenvalue weighted by Crippen LogP contribution is 2.16. The number of aliphatic hydroxyl groups is 1. The maximum Gasteiger partial charge on any atom is 0.226 e. The number of para-hydroxylation sites is 1. The van der Waals surface area contributed by atoms with Crippen molar-refractivity contribution in [3.8, 4) is 5.75 Å². The number of amides is 1. The van der Waals surface area contributed by atoms with E-state index in [0.29, 0.717) is 26.1 Å². The predicted molar refractivity (Wildman–Crippen MR) is 79.8 cm³/mol. The van der Waals surface area contributed by atoms with Crippen LogP contribution in [0.5, 0.6) is 5.75 Å². The second kappa shape index (κ2) is 7.29. The van der Waals surface area contributed by atoms with Gasteiger partial charge in [-0.05, 0) is 39.3 Å². The summed E-state index contributed by atoms with van der Waals surface area (Å²) in [6.07, 6.45) is 0.318. The molecule has 0 heterocycles. The molecule has 0 saturated carbocycles. The number of benzene rings is 1. The third-order valence-electron chi connectivity index (χ3n) is 2.98. The second-order valence-corrected chi connectivity index (χ2v) is 5.58. The molecule has 0 aromatic heterocycles. The molecule has 0 spiro atoms. The van der Waals surface area contributed by atoms with E-state index < -0.39 is 5.60 Å². The minimum absolute atomic E-state index is 0.00297. The Morgan fingerprint density at radius 1 is 1.35 bits per heavy atom. The van der Waals surface area contributed by atoms with Gasteiger partial charge in [-0.15, -0.1) is 0 Å². The predicted octanol–water partition coefficient (Wildman–Crippen LogP) is 2.38. The lowest BCUT2D eigenvalue weighted by atomic mass is 10.1. The third-order valence-corrected chi connectivity index (χ3v) is 2.98. The van der Waals surface area contributed by atoms with Crippen molar-refractivity contribution in [1.82, 2.24) is 4.90 Å². The van der Waals surface area contributed by atoms with Crippen molar-refractivity contribution in [2.24, 2.45) is 0 Å². The minimum atomic E-state index is -0.872. The van der Waals surface area contributed by atoms with Gasteiger partial charge in [0.1, 0.15) is 5.75 Å². The van der Waals surface area contributed by atoms with Gasteiger partial charge in [0.15, 0.2) is 0 Å². The number of aryl methyl sites for hydroxylation is 1. The van der Waals surface area contributed by atoms with Crippen LogP contribution in [0.4, 0.5) is 0 Å². The molecule has 1 rings (SSSR count). The Morgan fingerprint density at radius 2 is 2.00 bits per heavy atom. The molecule has 0 radical (unpaired) electrons. The first kappa shape index (κ1) is 16.5.